The van der Waals surface area contributed by atoms with Gasteiger partial charge in [0.05, 0.1) is 6.04 Å². The molecule has 1 heterocycles. The zero-order valence-electron chi connectivity index (χ0n) is 16.9. The van der Waals surface area contributed by atoms with Crippen molar-refractivity contribution in [1.82, 2.24) is 15.1 Å². The number of nitrogens with zero attached hydrogens (tertiary/aromatic N) is 2. The van der Waals surface area contributed by atoms with Crippen molar-refractivity contribution in [2.24, 2.45) is 0 Å². The number of benzene rings is 2. The van der Waals surface area contributed by atoms with Crippen LogP contribution in [-0.2, 0) is 4.74 Å². The fourth-order valence-corrected chi connectivity index (χ4v) is 3.61. The molecule has 0 aromatic heterocycles. The first-order chi connectivity index (χ1) is 13.6. The lowest BCUT2D eigenvalue weighted by Gasteiger charge is -2.36. The lowest BCUT2D eigenvalue weighted by molar-refractivity contribution is 0.0440. The van der Waals surface area contributed by atoms with Gasteiger partial charge in [-0.05, 0) is 38.1 Å². The topological polar surface area (TPSA) is 44.8 Å². The number of nitrogens with one attached hydrogen (secondary N) is 1. The second-order valence-corrected chi connectivity index (χ2v) is 7.54. The molecule has 5 nitrogen and oxygen atoms in total. The van der Waals surface area contributed by atoms with Gasteiger partial charge in [-0.25, -0.2) is 4.79 Å². The van der Waals surface area contributed by atoms with Crippen LogP contribution in [0.2, 0.25) is 0 Å². The third kappa shape index (κ3) is 5.57. The third-order valence-corrected chi connectivity index (χ3v) is 5.21. The predicted molar refractivity (Wildman–Crippen MR) is 112 cm³/mol. The summed E-state index contributed by atoms with van der Waals surface area (Å²) >= 11 is 0. The average molecular weight is 382 g/mol. The van der Waals surface area contributed by atoms with Crippen molar-refractivity contribution in [1.29, 1.82) is 0 Å². The van der Waals surface area contributed by atoms with E-state index in [9.17, 15) is 4.79 Å². The van der Waals surface area contributed by atoms with Gasteiger partial charge in [-0.15, -0.1) is 0 Å². The number of likely N-dealkylation sites (N-methyl/N-ethyl adjacent to an activating group) is 1. The molecule has 1 aliphatic heterocycles. The van der Waals surface area contributed by atoms with Gasteiger partial charge in [0, 0.05) is 32.3 Å². The smallest absolute Gasteiger partial charge is 0.318 e. The van der Waals surface area contributed by atoms with Crippen LogP contribution in [0.5, 0.6) is 0 Å². The van der Waals surface area contributed by atoms with Crippen LogP contribution in [-0.4, -0.2) is 62.3 Å². The minimum Gasteiger partial charge on any atom is -0.381 e. The van der Waals surface area contributed by atoms with E-state index in [1.807, 2.05) is 55.4 Å². The number of ether oxygens (including phenoxy) is 1. The molecule has 0 unspecified atom stereocenters. The Morgan fingerprint density at radius 3 is 2.00 bits per heavy atom. The molecule has 150 valence electrons. The lowest BCUT2D eigenvalue weighted by Crippen LogP contribution is -2.51. The van der Waals surface area contributed by atoms with Crippen molar-refractivity contribution in [3.05, 3.63) is 71.8 Å². The van der Waals surface area contributed by atoms with Gasteiger partial charge in [0.2, 0.25) is 0 Å². The molecule has 2 aromatic carbocycles. The van der Waals surface area contributed by atoms with Crippen molar-refractivity contribution in [3.8, 4) is 0 Å². The SMILES string of the molecule is CN(C)CCN(C(=O)NC(c1ccccc1)c1ccccc1)C1CCOCC1. The molecule has 0 atom stereocenters. The summed E-state index contributed by atoms with van der Waals surface area (Å²) in [7, 11) is 4.08. The lowest BCUT2D eigenvalue weighted by atomic mass is 9.99. The Morgan fingerprint density at radius 2 is 1.50 bits per heavy atom. The second kappa shape index (κ2) is 10.2. The molecule has 3 rings (SSSR count). The molecule has 0 aliphatic carbocycles. The molecule has 1 saturated heterocycles. The van der Waals surface area contributed by atoms with Gasteiger partial charge >= 0.3 is 6.03 Å². The minimum atomic E-state index is -0.170. The highest BCUT2D eigenvalue weighted by molar-refractivity contribution is 5.75. The first-order valence-corrected chi connectivity index (χ1v) is 10.0. The molecule has 0 saturated carbocycles. The molecule has 2 aromatic rings. The maximum absolute atomic E-state index is 13.4. The van der Waals surface area contributed by atoms with Gasteiger partial charge in [0.25, 0.3) is 0 Å². The summed E-state index contributed by atoms with van der Waals surface area (Å²) in [6, 6.07) is 20.4. The van der Waals surface area contributed by atoms with E-state index in [1.165, 1.54) is 0 Å². The van der Waals surface area contributed by atoms with Crippen molar-refractivity contribution < 1.29 is 9.53 Å². The molecule has 0 spiro atoms. The summed E-state index contributed by atoms with van der Waals surface area (Å²) in [4.78, 5) is 17.5. The Kier molecular flexibility index (Phi) is 7.46. The Hall–Kier alpha value is -2.37. The number of rotatable bonds is 7. The molecule has 1 aliphatic rings. The van der Waals surface area contributed by atoms with Crippen LogP contribution < -0.4 is 5.32 Å². The number of carbonyl (C=O) groups excluding carboxylic acids is 1. The van der Waals surface area contributed by atoms with E-state index >= 15 is 0 Å². The minimum absolute atomic E-state index is 0.00791. The van der Waals surface area contributed by atoms with Gasteiger partial charge < -0.3 is 19.9 Å². The summed E-state index contributed by atoms with van der Waals surface area (Å²) < 4.78 is 5.51. The molecule has 1 N–H and O–H groups in total. The molecule has 28 heavy (non-hydrogen) atoms. The van der Waals surface area contributed by atoms with E-state index in [1.54, 1.807) is 0 Å². The van der Waals surface area contributed by atoms with Crippen LogP contribution in [0.3, 0.4) is 0 Å². The standard InChI is InChI=1S/C23H31N3O2/c1-25(2)15-16-26(21-13-17-28-18-14-21)23(27)24-22(19-9-5-3-6-10-19)20-11-7-4-8-12-20/h3-12,21-22H,13-18H2,1-2H3,(H,24,27). The van der Waals surface area contributed by atoms with Crippen LogP contribution in [0, 0.1) is 0 Å². The van der Waals surface area contributed by atoms with Crippen molar-refractivity contribution >= 4 is 6.03 Å². The summed E-state index contributed by atoms with van der Waals surface area (Å²) in [6.45, 7) is 2.99. The van der Waals surface area contributed by atoms with Crippen LogP contribution in [0.25, 0.3) is 0 Å². The molecule has 0 bridgehead atoms. The number of carbonyl (C=O) groups is 1. The number of hydrogen-bond donors (Lipinski definition) is 1. The molecule has 1 fully saturated rings. The fraction of sp³-hybridized carbons (Fsp3) is 0.435. The van der Waals surface area contributed by atoms with E-state index in [0.29, 0.717) is 6.54 Å². The number of urea groups is 1. The normalized spacial score (nSPS) is 15.0. The van der Waals surface area contributed by atoms with E-state index in [4.69, 9.17) is 4.74 Å². The van der Waals surface area contributed by atoms with Crippen LogP contribution in [0.4, 0.5) is 4.79 Å². The quantitative estimate of drug-likeness (QED) is 0.798. The van der Waals surface area contributed by atoms with Crippen molar-refractivity contribution in [2.75, 3.05) is 40.4 Å². The highest BCUT2D eigenvalue weighted by atomic mass is 16.5. The zero-order chi connectivity index (χ0) is 19.8. The second-order valence-electron chi connectivity index (χ2n) is 7.54. The Bertz CT molecular complexity index is 676. The molecular formula is C23H31N3O2. The van der Waals surface area contributed by atoms with E-state index in [0.717, 1.165) is 43.7 Å². The highest BCUT2D eigenvalue weighted by Crippen LogP contribution is 2.23. The first-order valence-electron chi connectivity index (χ1n) is 10.0. The van der Waals surface area contributed by atoms with E-state index in [2.05, 4.69) is 34.5 Å². The number of hydrogen-bond acceptors (Lipinski definition) is 3. The van der Waals surface area contributed by atoms with Crippen molar-refractivity contribution in [2.45, 2.75) is 24.9 Å². The summed E-state index contributed by atoms with van der Waals surface area (Å²) in [5.74, 6) is 0. The summed E-state index contributed by atoms with van der Waals surface area (Å²) in [6.07, 6.45) is 1.78. The summed E-state index contributed by atoms with van der Waals surface area (Å²) in [5.41, 5.74) is 2.17. The van der Waals surface area contributed by atoms with Crippen LogP contribution >= 0.6 is 0 Å². The predicted octanol–water partition coefficient (Wildman–Crippen LogP) is 3.53. The first kappa shape index (κ1) is 20.4. The molecule has 5 heteroatoms. The van der Waals surface area contributed by atoms with Crippen LogP contribution in [0.1, 0.15) is 30.0 Å². The Balaban J connectivity index is 1.81. The Labute approximate surface area is 168 Å². The van der Waals surface area contributed by atoms with Crippen molar-refractivity contribution in [3.63, 3.8) is 0 Å². The third-order valence-electron chi connectivity index (χ3n) is 5.21. The molecular weight excluding hydrogens is 350 g/mol. The monoisotopic (exact) mass is 381 g/mol. The van der Waals surface area contributed by atoms with E-state index < -0.39 is 0 Å². The van der Waals surface area contributed by atoms with Gasteiger partial charge in [0.15, 0.2) is 0 Å². The maximum atomic E-state index is 13.4. The Morgan fingerprint density at radius 1 is 0.964 bits per heavy atom. The maximum Gasteiger partial charge on any atom is 0.318 e. The number of amides is 2. The zero-order valence-corrected chi connectivity index (χ0v) is 16.9. The van der Waals surface area contributed by atoms with Crippen LogP contribution in [0.15, 0.2) is 60.7 Å². The van der Waals surface area contributed by atoms with Gasteiger partial charge in [-0.3, -0.25) is 0 Å². The van der Waals surface area contributed by atoms with E-state index in [-0.39, 0.29) is 18.1 Å². The van der Waals surface area contributed by atoms with Gasteiger partial charge in [-0.1, -0.05) is 60.7 Å². The largest absolute Gasteiger partial charge is 0.381 e. The summed E-state index contributed by atoms with van der Waals surface area (Å²) in [5, 5.41) is 3.30. The van der Waals surface area contributed by atoms with Gasteiger partial charge in [-0.2, -0.15) is 0 Å². The highest BCUT2D eigenvalue weighted by Gasteiger charge is 2.28. The van der Waals surface area contributed by atoms with Gasteiger partial charge in [0.1, 0.15) is 0 Å². The molecule has 0 radical (unpaired) electrons. The molecule has 2 amide bonds. The average Bonchev–Trinajstić information content (AvgIpc) is 2.74. The fourth-order valence-electron chi connectivity index (χ4n) is 3.61.